The van der Waals surface area contributed by atoms with E-state index in [-0.39, 0.29) is 0 Å². The van der Waals surface area contributed by atoms with E-state index in [0.29, 0.717) is 5.75 Å². The molecule has 0 fully saturated rings. The summed E-state index contributed by atoms with van der Waals surface area (Å²) in [4.78, 5) is 6.12. The van der Waals surface area contributed by atoms with Gasteiger partial charge in [0.05, 0.1) is 0 Å². The number of H-pyrrole nitrogens is 2. The minimum Gasteiger partial charge on any atom is -0.507 e. The van der Waals surface area contributed by atoms with Gasteiger partial charge in [0.25, 0.3) is 0 Å². The molecule has 0 atom stereocenters. The standard InChI is InChI=1S/C8H7NO.C8H7N/c10-8-3-1-2-7-6(8)4-5-9-7;1-2-4-8-7(3-1)5-6-9-8/h1-5,9-10H;1-6,9H. The molecular formula is C16H14N2O. The maximum absolute atomic E-state index is 9.24. The van der Waals surface area contributed by atoms with Crippen LogP contribution in [0.5, 0.6) is 5.75 Å². The molecule has 0 amide bonds. The van der Waals surface area contributed by atoms with Crippen molar-refractivity contribution >= 4 is 21.8 Å². The molecule has 0 aliphatic heterocycles. The van der Waals surface area contributed by atoms with Crippen molar-refractivity contribution < 1.29 is 5.11 Å². The Balaban J connectivity index is 0.000000117. The second kappa shape index (κ2) is 4.90. The van der Waals surface area contributed by atoms with Gasteiger partial charge in [0.15, 0.2) is 0 Å². The van der Waals surface area contributed by atoms with Gasteiger partial charge in [0.1, 0.15) is 5.75 Å². The smallest absolute Gasteiger partial charge is 0.124 e. The molecule has 0 saturated carbocycles. The highest BCUT2D eigenvalue weighted by molar-refractivity contribution is 5.85. The number of benzene rings is 2. The normalized spacial score (nSPS) is 10.3. The molecule has 0 bridgehead atoms. The Bertz CT molecular complexity index is 768. The fourth-order valence-corrected chi connectivity index (χ4v) is 2.06. The summed E-state index contributed by atoms with van der Waals surface area (Å²) in [6.07, 6.45) is 3.76. The van der Waals surface area contributed by atoms with Crippen LogP contribution in [-0.4, -0.2) is 15.1 Å². The molecule has 2 aromatic heterocycles. The second-order valence-corrected chi connectivity index (χ2v) is 4.28. The van der Waals surface area contributed by atoms with Crippen molar-refractivity contribution in [3.05, 3.63) is 67.0 Å². The third-order valence-corrected chi connectivity index (χ3v) is 3.03. The van der Waals surface area contributed by atoms with Gasteiger partial charge in [-0.15, -0.1) is 0 Å². The highest BCUT2D eigenvalue weighted by Gasteiger charge is 1.96. The SMILES string of the molecule is Oc1cccc2[nH]ccc12.c1ccc2[nH]ccc2c1. The van der Waals surface area contributed by atoms with Gasteiger partial charge < -0.3 is 15.1 Å². The molecule has 0 spiro atoms. The molecule has 0 saturated heterocycles. The first-order valence-electron chi connectivity index (χ1n) is 6.12. The average Bonchev–Trinajstić information content (AvgIpc) is 3.08. The first-order valence-corrected chi connectivity index (χ1v) is 6.12. The molecule has 4 aromatic rings. The number of aromatic nitrogens is 2. The van der Waals surface area contributed by atoms with Crippen molar-refractivity contribution in [1.82, 2.24) is 9.97 Å². The van der Waals surface area contributed by atoms with Crippen molar-refractivity contribution in [3.63, 3.8) is 0 Å². The van der Waals surface area contributed by atoms with E-state index in [0.717, 1.165) is 10.9 Å². The molecule has 3 nitrogen and oxygen atoms in total. The Hall–Kier alpha value is -2.68. The van der Waals surface area contributed by atoms with Crippen LogP contribution in [0, 0.1) is 0 Å². The number of para-hydroxylation sites is 1. The van der Waals surface area contributed by atoms with Gasteiger partial charge in [-0.3, -0.25) is 0 Å². The molecular weight excluding hydrogens is 236 g/mol. The topological polar surface area (TPSA) is 51.8 Å². The van der Waals surface area contributed by atoms with E-state index >= 15 is 0 Å². The van der Waals surface area contributed by atoms with Crippen LogP contribution in [0.3, 0.4) is 0 Å². The van der Waals surface area contributed by atoms with Crippen LogP contribution in [-0.2, 0) is 0 Å². The molecule has 4 rings (SSSR count). The first-order chi connectivity index (χ1) is 9.34. The Kier molecular flexibility index (Phi) is 2.94. The molecule has 3 heteroatoms. The molecule has 3 N–H and O–H groups in total. The lowest BCUT2D eigenvalue weighted by Crippen LogP contribution is -1.66. The van der Waals surface area contributed by atoms with Gasteiger partial charge in [0, 0.05) is 28.8 Å². The Morgan fingerprint density at radius 2 is 1.42 bits per heavy atom. The summed E-state index contributed by atoms with van der Waals surface area (Å²) in [6.45, 7) is 0. The van der Waals surface area contributed by atoms with E-state index in [1.54, 1.807) is 6.07 Å². The number of phenols is 1. The third kappa shape index (κ3) is 2.31. The second-order valence-electron chi connectivity index (χ2n) is 4.28. The molecule has 94 valence electrons. The van der Waals surface area contributed by atoms with Gasteiger partial charge in [-0.2, -0.15) is 0 Å². The lowest BCUT2D eigenvalue weighted by Gasteiger charge is -1.91. The molecule has 19 heavy (non-hydrogen) atoms. The highest BCUT2D eigenvalue weighted by Crippen LogP contribution is 2.22. The predicted octanol–water partition coefficient (Wildman–Crippen LogP) is 4.04. The minimum absolute atomic E-state index is 0.332. The summed E-state index contributed by atoms with van der Waals surface area (Å²) in [7, 11) is 0. The third-order valence-electron chi connectivity index (χ3n) is 3.03. The molecule has 2 aromatic carbocycles. The zero-order valence-electron chi connectivity index (χ0n) is 10.3. The van der Waals surface area contributed by atoms with Crippen LogP contribution in [0.25, 0.3) is 21.8 Å². The van der Waals surface area contributed by atoms with Crippen LogP contribution >= 0.6 is 0 Å². The van der Waals surface area contributed by atoms with E-state index in [1.165, 1.54) is 10.9 Å². The Labute approximate surface area is 110 Å². The fraction of sp³-hybridized carbons (Fsp3) is 0. The number of hydrogen-bond donors (Lipinski definition) is 3. The summed E-state index contributed by atoms with van der Waals surface area (Å²) >= 11 is 0. The quantitative estimate of drug-likeness (QED) is 0.433. The van der Waals surface area contributed by atoms with E-state index in [9.17, 15) is 5.11 Å². The summed E-state index contributed by atoms with van der Waals surface area (Å²) < 4.78 is 0. The van der Waals surface area contributed by atoms with Crippen molar-refractivity contribution in [1.29, 1.82) is 0 Å². The van der Waals surface area contributed by atoms with Crippen molar-refractivity contribution in [2.75, 3.05) is 0 Å². The maximum atomic E-state index is 9.24. The van der Waals surface area contributed by atoms with Gasteiger partial charge in [-0.05, 0) is 35.7 Å². The summed E-state index contributed by atoms with van der Waals surface area (Å²) in [5.74, 6) is 0.332. The number of aromatic hydroxyl groups is 1. The number of hydrogen-bond acceptors (Lipinski definition) is 1. The first kappa shape index (κ1) is 11.4. The van der Waals surface area contributed by atoms with Gasteiger partial charge in [-0.1, -0.05) is 24.3 Å². The van der Waals surface area contributed by atoms with Crippen LogP contribution in [0.4, 0.5) is 0 Å². The molecule has 0 aliphatic rings. The Morgan fingerprint density at radius 1 is 0.684 bits per heavy atom. The van der Waals surface area contributed by atoms with E-state index in [2.05, 4.69) is 28.2 Å². The van der Waals surface area contributed by atoms with E-state index < -0.39 is 0 Å². The molecule has 0 radical (unpaired) electrons. The minimum atomic E-state index is 0.332. The molecule has 0 aliphatic carbocycles. The van der Waals surface area contributed by atoms with Gasteiger partial charge in [-0.25, -0.2) is 0 Å². The largest absolute Gasteiger partial charge is 0.507 e. The molecule has 2 heterocycles. The zero-order chi connectivity index (χ0) is 13.1. The number of nitrogens with one attached hydrogen (secondary N) is 2. The maximum Gasteiger partial charge on any atom is 0.124 e. The van der Waals surface area contributed by atoms with Crippen molar-refractivity contribution in [3.8, 4) is 5.75 Å². The van der Waals surface area contributed by atoms with Crippen molar-refractivity contribution in [2.24, 2.45) is 0 Å². The van der Waals surface area contributed by atoms with Crippen molar-refractivity contribution in [2.45, 2.75) is 0 Å². The number of rotatable bonds is 0. The predicted molar refractivity (Wildman–Crippen MR) is 78.3 cm³/mol. The van der Waals surface area contributed by atoms with E-state index in [4.69, 9.17) is 0 Å². The molecule has 0 unspecified atom stereocenters. The number of phenolic OH excluding ortho intramolecular Hbond substituents is 1. The van der Waals surface area contributed by atoms with Crippen LogP contribution < -0.4 is 0 Å². The zero-order valence-corrected chi connectivity index (χ0v) is 10.3. The number of fused-ring (bicyclic) bond motifs is 2. The van der Waals surface area contributed by atoms with Gasteiger partial charge >= 0.3 is 0 Å². The summed E-state index contributed by atoms with van der Waals surface area (Å²) in [5, 5.41) is 11.4. The van der Waals surface area contributed by atoms with Crippen LogP contribution in [0.2, 0.25) is 0 Å². The van der Waals surface area contributed by atoms with Gasteiger partial charge in [0.2, 0.25) is 0 Å². The number of aromatic amines is 2. The van der Waals surface area contributed by atoms with E-state index in [1.807, 2.05) is 42.7 Å². The van der Waals surface area contributed by atoms with Crippen LogP contribution in [0.1, 0.15) is 0 Å². The average molecular weight is 250 g/mol. The fourth-order valence-electron chi connectivity index (χ4n) is 2.06. The lowest BCUT2D eigenvalue weighted by atomic mass is 10.2. The monoisotopic (exact) mass is 250 g/mol. The van der Waals surface area contributed by atoms with Crippen LogP contribution in [0.15, 0.2) is 67.0 Å². The highest BCUT2D eigenvalue weighted by atomic mass is 16.3. The summed E-state index contributed by atoms with van der Waals surface area (Å²) in [6, 6.07) is 17.6. The Morgan fingerprint density at radius 3 is 2.26 bits per heavy atom. The lowest BCUT2D eigenvalue weighted by molar-refractivity contribution is 0.482. The summed E-state index contributed by atoms with van der Waals surface area (Å²) in [5.41, 5.74) is 2.18.